The largest absolute Gasteiger partial charge is 0.398 e. The van der Waals surface area contributed by atoms with E-state index >= 15 is 0 Å². The van der Waals surface area contributed by atoms with E-state index in [9.17, 15) is 0 Å². The summed E-state index contributed by atoms with van der Waals surface area (Å²) in [5.41, 5.74) is 8.79. The van der Waals surface area contributed by atoms with Crippen LogP contribution >= 0.6 is 0 Å². The van der Waals surface area contributed by atoms with Crippen LogP contribution in [0.2, 0.25) is 0 Å². The Morgan fingerprint density at radius 2 is 2.21 bits per heavy atom. The van der Waals surface area contributed by atoms with Crippen molar-refractivity contribution in [2.75, 3.05) is 5.73 Å². The van der Waals surface area contributed by atoms with Gasteiger partial charge in [-0.2, -0.15) is 0 Å². The van der Waals surface area contributed by atoms with E-state index in [0.717, 1.165) is 29.9 Å². The Balaban J connectivity index is 1.86. The summed E-state index contributed by atoms with van der Waals surface area (Å²) in [5.74, 6) is 0.691. The molecule has 3 rings (SSSR count). The molecule has 0 radical (unpaired) electrons. The predicted octanol–water partition coefficient (Wildman–Crippen LogP) is 2.88. The molecule has 4 heteroatoms. The van der Waals surface area contributed by atoms with Crippen LogP contribution in [0, 0.1) is 5.92 Å². The van der Waals surface area contributed by atoms with E-state index in [4.69, 9.17) is 5.73 Å². The Kier molecular flexibility index (Phi) is 3.31. The van der Waals surface area contributed by atoms with Gasteiger partial charge in [0.15, 0.2) is 0 Å². The highest BCUT2D eigenvalue weighted by atomic mass is 15.0. The molecule has 0 aromatic carbocycles. The van der Waals surface area contributed by atoms with Crippen molar-refractivity contribution in [3.05, 3.63) is 43.1 Å². The molecule has 0 spiro atoms. The van der Waals surface area contributed by atoms with Crippen LogP contribution in [0.5, 0.6) is 0 Å². The molecule has 19 heavy (non-hydrogen) atoms. The van der Waals surface area contributed by atoms with Crippen molar-refractivity contribution >= 4 is 5.69 Å². The molecule has 0 bridgehead atoms. The number of hydrogen-bond acceptors (Lipinski definition) is 3. The third-order valence-corrected chi connectivity index (χ3v) is 3.68. The lowest BCUT2D eigenvalue weighted by Gasteiger charge is -2.19. The van der Waals surface area contributed by atoms with Crippen LogP contribution in [-0.2, 0) is 6.54 Å². The summed E-state index contributed by atoms with van der Waals surface area (Å²) in [6, 6.07) is 1.83. The highest BCUT2D eigenvalue weighted by Gasteiger charge is 2.14. The summed E-state index contributed by atoms with van der Waals surface area (Å²) in [6.07, 6.45) is 15.4. The molecule has 2 aromatic heterocycles. The SMILES string of the molecule is Nc1ccncc1-c1cncn1CC1CC=CCC1. The van der Waals surface area contributed by atoms with Crippen molar-refractivity contribution in [3.8, 4) is 11.3 Å². The lowest BCUT2D eigenvalue weighted by atomic mass is 9.94. The van der Waals surface area contributed by atoms with E-state index in [1.54, 1.807) is 6.20 Å². The molecule has 1 unspecified atom stereocenters. The van der Waals surface area contributed by atoms with Gasteiger partial charge in [-0.05, 0) is 31.2 Å². The fourth-order valence-corrected chi connectivity index (χ4v) is 2.61. The van der Waals surface area contributed by atoms with E-state index in [-0.39, 0.29) is 0 Å². The molecule has 0 fully saturated rings. The first-order valence-corrected chi connectivity index (χ1v) is 6.69. The smallest absolute Gasteiger partial charge is 0.0951 e. The van der Waals surface area contributed by atoms with Crippen molar-refractivity contribution in [2.24, 2.45) is 5.92 Å². The highest BCUT2D eigenvalue weighted by Crippen LogP contribution is 2.27. The van der Waals surface area contributed by atoms with E-state index in [1.165, 1.54) is 12.8 Å². The number of anilines is 1. The summed E-state index contributed by atoms with van der Waals surface area (Å²) >= 11 is 0. The Morgan fingerprint density at radius 1 is 1.26 bits per heavy atom. The molecule has 0 saturated heterocycles. The lowest BCUT2D eigenvalue weighted by Crippen LogP contribution is -2.12. The zero-order valence-corrected chi connectivity index (χ0v) is 10.9. The van der Waals surface area contributed by atoms with E-state index < -0.39 is 0 Å². The minimum absolute atomic E-state index is 0.691. The summed E-state index contributed by atoms with van der Waals surface area (Å²) in [5, 5.41) is 0. The Hall–Kier alpha value is -2.10. The fourth-order valence-electron chi connectivity index (χ4n) is 2.61. The minimum Gasteiger partial charge on any atom is -0.398 e. The molecular weight excluding hydrogens is 236 g/mol. The Labute approximate surface area is 113 Å². The second-order valence-corrected chi connectivity index (χ2v) is 5.04. The topological polar surface area (TPSA) is 56.7 Å². The maximum Gasteiger partial charge on any atom is 0.0951 e. The van der Waals surface area contributed by atoms with E-state index in [1.807, 2.05) is 24.8 Å². The van der Waals surface area contributed by atoms with Crippen molar-refractivity contribution in [2.45, 2.75) is 25.8 Å². The van der Waals surface area contributed by atoms with Crippen LogP contribution < -0.4 is 5.73 Å². The monoisotopic (exact) mass is 254 g/mol. The molecule has 2 N–H and O–H groups in total. The molecule has 4 nitrogen and oxygen atoms in total. The second kappa shape index (κ2) is 5.26. The number of nitrogen functional groups attached to an aromatic ring is 1. The van der Waals surface area contributed by atoms with Crippen LogP contribution in [0.1, 0.15) is 19.3 Å². The van der Waals surface area contributed by atoms with E-state index in [2.05, 4.69) is 26.7 Å². The fraction of sp³-hybridized carbons (Fsp3) is 0.333. The summed E-state index contributed by atoms with van der Waals surface area (Å²) < 4.78 is 2.19. The van der Waals surface area contributed by atoms with Gasteiger partial charge in [-0.25, -0.2) is 4.98 Å². The first-order chi connectivity index (χ1) is 9.34. The zero-order valence-electron chi connectivity index (χ0n) is 10.9. The number of aromatic nitrogens is 3. The average molecular weight is 254 g/mol. The van der Waals surface area contributed by atoms with Crippen LogP contribution in [0.25, 0.3) is 11.3 Å². The molecule has 2 aromatic rings. The summed E-state index contributed by atoms with van der Waals surface area (Å²) in [4.78, 5) is 8.42. The van der Waals surface area contributed by atoms with Crippen molar-refractivity contribution in [1.82, 2.24) is 14.5 Å². The van der Waals surface area contributed by atoms with Gasteiger partial charge in [0.2, 0.25) is 0 Å². The second-order valence-electron chi connectivity index (χ2n) is 5.04. The Bertz CT molecular complexity index is 585. The normalized spacial score (nSPS) is 18.6. The first-order valence-electron chi connectivity index (χ1n) is 6.69. The van der Waals surface area contributed by atoms with Gasteiger partial charge in [0.25, 0.3) is 0 Å². The lowest BCUT2D eigenvalue weighted by molar-refractivity contribution is 0.412. The van der Waals surface area contributed by atoms with Crippen molar-refractivity contribution < 1.29 is 0 Å². The maximum atomic E-state index is 6.02. The average Bonchev–Trinajstić information content (AvgIpc) is 2.88. The van der Waals surface area contributed by atoms with Crippen molar-refractivity contribution in [1.29, 1.82) is 0 Å². The molecule has 0 saturated carbocycles. The maximum absolute atomic E-state index is 6.02. The van der Waals surface area contributed by atoms with Crippen LogP contribution in [-0.4, -0.2) is 14.5 Å². The molecule has 98 valence electrons. The van der Waals surface area contributed by atoms with Gasteiger partial charge in [0, 0.05) is 30.2 Å². The van der Waals surface area contributed by atoms with Gasteiger partial charge in [0.05, 0.1) is 18.2 Å². The number of nitrogens with two attached hydrogens (primary N) is 1. The Morgan fingerprint density at radius 3 is 3.00 bits per heavy atom. The van der Waals surface area contributed by atoms with Crippen LogP contribution in [0.4, 0.5) is 5.69 Å². The van der Waals surface area contributed by atoms with Gasteiger partial charge in [0.1, 0.15) is 0 Å². The van der Waals surface area contributed by atoms with Gasteiger partial charge >= 0.3 is 0 Å². The predicted molar refractivity (Wildman–Crippen MR) is 76.4 cm³/mol. The molecular formula is C15H18N4. The first kappa shape index (κ1) is 12.0. The van der Waals surface area contributed by atoms with E-state index in [0.29, 0.717) is 5.92 Å². The van der Waals surface area contributed by atoms with Crippen LogP contribution in [0.15, 0.2) is 43.1 Å². The number of imidazole rings is 1. The zero-order chi connectivity index (χ0) is 13.1. The van der Waals surface area contributed by atoms with Gasteiger partial charge in [-0.3, -0.25) is 4.98 Å². The summed E-state index contributed by atoms with van der Waals surface area (Å²) in [6.45, 7) is 0.994. The number of rotatable bonds is 3. The van der Waals surface area contributed by atoms with Gasteiger partial charge < -0.3 is 10.3 Å². The molecule has 0 amide bonds. The molecule has 1 aliphatic rings. The van der Waals surface area contributed by atoms with Crippen molar-refractivity contribution in [3.63, 3.8) is 0 Å². The highest BCUT2D eigenvalue weighted by molar-refractivity contribution is 5.72. The molecule has 1 atom stereocenters. The van der Waals surface area contributed by atoms with Crippen LogP contribution in [0.3, 0.4) is 0 Å². The van der Waals surface area contributed by atoms with Gasteiger partial charge in [-0.15, -0.1) is 0 Å². The summed E-state index contributed by atoms with van der Waals surface area (Å²) in [7, 11) is 0. The third kappa shape index (κ3) is 2.52. The minimum atomic E-state index is 0.691. The molecule has 0 aliphatic heterocycles. The third-order valence-electron chi connectivity index (χ3n) is 3.68. The molecule has 1 aliphatic carbocycles. The van der Waals surface area contributed by atoms with Gasteiger partial charge in [-0.1, -0.05) is 12.2 Å². The quantitative estimate of drug-likeness (QED) is 0.857. The molecule has 2 heterocycles. The number of hydrogen-bond donors (Lipinski definition) is 1. The number of pyridine rings is 1. The number of allylic oxidation sites excluding steroid dienone is 2. The number of nitrogens with zero attached hydrogens (tertiary/aromatic N) is 3. The standard InChI is InChI=1S/C15H18N4/c16-14-6-7-17-8-13(14)15-9-18-11-19(15)10-12-4-2-1-3-5-12/h1-2,6-9,11-12H,3-5,10H2,(H2,16,17).